The molecule has 0 saturated carbocycles. The van der Waals surface area contributed by atoms with E-state index >= 15 is 0 Å². The first-order chi connectivity index (χ1) is 17.5. The minimum Gasteiger partial charge on any atom is -0.371 e. The van der Waals surface area contributed by atoms with Crippen LogP contribution in [-0.2, 0) is 27.2 Å². The van der Waals surface area contributed by atoms with E-state index in [9.17, 15) is 26.4 Å². The Balaban J connectivity index is 1.34. The monoisotopic (exact) mass is 530 g/mol. The summed E-state index contributed by atoms with van der Waals surface area (Å²) < 4.78 is 62.5. The lowest BCUT2D eigenvalue weighted by atomic mass is 9.90. The summed E-state index contributed by atoms with van der Waals surface area (Å²) in [6, 6.07) is 19.3. The van der Waals surface area contributed by atoms with Gasteiger partial charge in [-0.3, -0.25) is 4.79 Å². The Labute approximate surface area is 215 Å². The van der Waals surface area contributed by atoms with E-state index < -0.39 is 21.6 Å². The highest BCUT2D eigenvalue weighted by atomic mass is 32.2. The molecule has 5 nitrogen and oxygen atoms in total. The zero-order chi connectivity index (χ0) is 26.6. The summed E-state index contributed by atoms with van der Waals surface area (Å²) in [7, 11) is -3.28. The maximum absolute atomic E-state index is 12.9. The highest BCUT2D eigenvalue weighted by Gasteiger charge is 2.30. The number of carbonyl (C=O) groups is 1. The van der Waals surface area contributed by atoms with Crippen LogP contribution in [-0.4, -0.2) is 33.2 Å². The van der Waals surface area contributed by atoms with Crippen LogP contribution in [0.4, 0.5) is 24.5 Å². The van der Waals surface area contributed by atoms with E-state index in [0.29, 0.717) is 17.8 Å². The van der Waals surface area contributed by atoms with E-state index in [0.717, 1.165) is 42.8 Å². The molecule has 37 heavy (non-hydrogen) atoms. The minimum absolute atomic E-state index is 0.0238. The van der Waals surface area contributed by atoms with Gasteiger partial charge in [0.05, 0.1) is 22.6 Å². The maximum Gasteiger partial charge on any atom is 0.416 e. The highest BCUT2D eigenvalue weighted by molar-refractivity contribution is 7.91. The van der Waals surface area contributed by atoms with Crippen molar-refractivity contribution in [3.63, 3.8) is 0 Å². The van der Waals surface area contributed by atoms with Crippen LogP contribution in [0.15, 0.2) is 77.7 Å². The highest BCUT2D eigenvalue weighted by Crippen LogP contribution is 2.33. The van der Waals surface area contributed by atoms with Crippen LogP contribution in [0.3, 0.4) is 0 Å². The molecular weight excluding hydrogens is 501 g/mol. The number of sulfone groups is 1. The molecule has 1 atom stereocenters. The largest absolute Gasteiger partial charge is 0.416 e. The number of nitrogens with one attached hydrogen (secondary N) is 1. The van der Waals surface area contributed by atoms with Crippen molar-refractivity contribution < 1.29 is 26.4 Å². The lowest BCUT2D eigenvalue weighted by Crippen LogP contribution is -2.34. The number of halogens is 3. The molecule has 1 aliphatic rings. The van der Waals surface area contributed by atoms with Crippen molar-refractivity contribution in [1.82, 2.24) is 0 Å². The van der Waals surface area contributed by atoms with E-state index in [1.807, 2.05) is 24.3 Å². The average molecular weight is 531 g/mol. The van der Waals surface area contributed by atoms with Crippen molar-refractivity contribution >= 4 is 27.1 Å². The third kappa shape index (κ3) is 6.71. The molecule has 0 spiro atoms. The third-order valence-electron chi connectivity index (χ3n) is 6.67. The normalized spacial score (nSPS) is 16.4. The van der Waals surface area contributed by atoms with Crippen LogP contribution >= 0.6 is 0 Å². The molecule has 0 bridgehead atoms. The summed E-state index contributed by atoms with van der Waals surface area (Å²) in [5, 5.41) is 2.86. The van der Waals surface area contributed by atoms with Crippen molar-refractivity contribution in [2.75, 3.05) is 29.1 Å². The molecule has 196 valence electrons. The molecule has 1 unspecified atom stereocenters. The first-order valence-corrected chi connectivity index (χ1v) is 13.8. The van der Waals surface area contributed by atoms with Gasteiger partial charge >= 0.3 is 6.18 Å². The molecule has 4 rings (SSSR count). The van der Waals surface area contributed by atoms with Crippen LogP contribution in [0.2, 0.25) is 0 Å². The fourth-order valence-corrected chi connectivity index (χ4v) is 5.44. The van der Waals surface area contributed by atoms with E-state index in [4.69, 9.17) is 0 Å². The number of rotatable bonds is 7. The standard InChI is InChI=1S/C28H29F3N2O3S/c1-2-37(35,36)26-15-5-20(6-16-26)18-27(34)32-24-11-13-25(14-12-24)33-17-3-4-22(19-33)21-7-9-23(10-8-21)28(29,30)31/h5-16,22H,2-4,17-19H2,1H3,(H,32,34). The van der Waals surface area contributed by atoms with Crippen molar-refractivity contribution in [1.29, 1.82) is 0 Å². The predicted molar refractivity (Wildman–Crippen MR) is 139 cm³/mol. The van der Waals surface area contributed by atoms with Gasteiger partial charge in [-0.1, -0.05) is 31.2 Å². The van der Waals surface area contributed by atoms with Gasteiger partial charge in [0.15, 0.2) is 9.84 Å². The second-order valence-electron chi connectivity index (χ2n) is 9.22. The van der Waals surface area contributed by atoms with Gasteiger partial charge in [0.1, 0.15) is 0 Å². The predicted octanol–water partition coefficient (Wildman–Crippen LogP) is 6.06. The van der Waals surface area contributed by atoms with Gasteiger partial charge < -0.3 is 10.2 Å². The minimum atomic E-state index is -4.34. The topological polar surface area (TPSA) is 66.5 Å². The van der Waals surface area contributed by atoms with Crippen LogP contribution in [0.5, 0.6) is 0 Å². The quantitative estimate of drug-likeness (QED) is 0.403. The molecular formula is C28H29F3N2O3S. The fraction of sp³-hybridized carbons (Fsp3) is 0.321. The molecule has 0 aliphatic carbocycles. The number of hydrogen-bond acceptors (Lipinski definition) is 4. The molecule has 1 aliphatic heterocycles. The van der Waals surface area contributed by atoms with E-state index in [2.05, 4.69) is 10.2 Å². The van der Waals surface area contributed by atoms with Crippen molar-refractivity contribution in [3.05, 3.63) is 89.5 Å². The Morgan fingerprint density at radius 3 is 2.22 bits per heavy atom. The number of piperidine rings is 1. The van der Waals surface area contributed by atoms with E-state index in [1.54, 1.807) is 31.2 Å². The SMILES string of the molecule is CCS(=O)(=O)c1ccc(CC(=O)Nc2ccc(N3CCCC(c4ccc(C(F)(F)F)cc4)C3)cc2)cc1. The summed E-state index contributed by atoms with van der Waals surface area (Å²) in [5.41, 5.74) is 2.62. The lowest BCUT2D eigenvalue weighted by Gasteiger charge is -2.35. The fourth-order valence-electron chi connectivity index (χ4n) is 4.56. The zero-order valence-electron chi connectivity index (χ0n) is 20.5. The van der Waals surface area contributed by atoms with Gasteiger partial charge in [0, 0.05) is 30.4 Å². The molecule has 3 aromatic carbocycles. The first-order valence-electron chi connectivity index (χ1n) is 12.2. The summed E-state index contributed by atoms with van der Waals surface area (Å²) in [4.78, 5) is 14.9. The van der Waals surface area contributed by atoms with Gasteiger partial charge in [0.25, 0.3) is 0 Å². The van der Waals surface area contributed by atoms with Crippen LogP contribution in [0, 0.1) is 0 Å². The molecule has 0 radical (unpaired) electrons. The Bertz CT molecular complexity index is 1320. The van der Waals surface area contributed by atoms with E-state index in [-0.39, 0.29) is 28.9 Å². The van der Waals surface area contributed by atoms with Gasteiger partial charge in [-0.05, 0) is 72.5 Å². The summed E-state index contributed by atoms with van der Waals surface area (Å²) in [6.07, 6.45) is -2.37. The number of anilines is 2. The Morgan fingerprint density at radius 2 is 1.62 bits per heavy atom. The second-order valence-corrected chi connectivity index (χ2v) is 11.5. The summed E-state index contributed by atoms with van der Waals surface area (Å²) >= 11 is 0. The first kappa shape index (κ1) is 26.7. The Kier molecular flexibility index (Phi) is 7.92. The number of benzene rings is 3. The summed E-state index contributed by atoms with van der Waals surface area (Å²) in [5.74, 6) is -0.0380. The number of nitrogens with zero attached hydrogens (tertiary/aromatic N) is 1. The Morgan fingerprint density at radius 1 is 0.973 bits per heavy atom. The van der Waals surface area contributed by atoms with Crippen molar-refractivity contribution in [2.24, 2.45) is 0 Å². The van der Waals surface area contributed by atoms with E-state index in [1.165, 1.54) is 12.1 Å². The summed E-state index contributed by atoms with van der Waals surface area (Å²) in [6.45, 7) is 3.15. The number of amides is 1. The molecule has 1 fully saturated rings. The van der Waals surface area contributed by atoms with Crippen molar-refractivity contribution in [3.8, 4) is 0 Å². The van der Waals surface area contributed by atoms with Crippen LogP contribution in [0.25, 0.3) is 0 Å². The molecule has 1 saturated heterocycles. The second kappa shape index (κ2) is 11.0. The smallest absolute Gasteiger partial charge is 0.371 e. The van der Waals surface area contributed by atoms with Gasteiger partial charge in [-0.15, -0.1) is 0 Å². The zero-order valence-corrected chi connectivity index (χ0v) is 21.3. The molecule has 9 heteroatoms. The van der Waals surface area contributed by atoms with Crippen LogP contribution in [0.1, 0.15) is 42.4 Å². The maximum atomic E-state index is 12.9. The molecule has 0 aromatic heterocycles. The van der Waals surface area contributed by atoms with Crippen molar-refractivity contribution in [2.45, 2.75) is 43.2 Å². The molecule has 1 heterocycles. The lowest BCUT2D eigenvalue weighted by molar-refractivity contribution is -0.137. The van der Waals surface area contributed by atoms with Gasteiger partial charge in [0.2, 0.25) is 5.91 Å². The number of alkyl halides is 3. The third-order valence-corrected chi connectivity index (χ3v) is 8.42. The molecule has 1 amide bonds. The number of carbonyl (C=O) groups excluding carboxylic acids is 1. The van der Waals surface area contributed by atoms with Crippen LogP contribution < -0.4 is 10.2 Å². The van der Waals surface area contributed by atoms with Gasteiger partial charge in [-0.25, -0.2) is 8.42 Å². The van der Waals surface area contributed by atoms with Gasteiger partial charge in [-0.2, -0.15) is 13.2 Å². The number of hydrogen-bond donors (Lipinski definition) is 1. The average Bonchev–Trinajstić information content (AvgIpc) is 2.89. The molecule has 3 aromatic rings. The Hall–Kier alpha value is -3.33. The molecule has 1 N–H and O–H groups in total.